The predicted octanol–water partition coefficient (Wildman–Crippen LogP) is 3.03. The number of aromatic nitrogens is 3. The van der Waals surface area contributed by atoms with Gasteiger partial charge in [-0.2, -0.15) is 0 Å². The molecule has 0 saturated carbocycles. The SMILES string of the molecule is CCCNC(=O)[C@@H](C)Sc1nnc(-c2cccs2)n1CC. The maximum absolute atomic E-state index is 12.0. The molecule has 2 heterocycles. The summed E-state index contributed by atoms with van der Waals surface area (Å²) in [5, 5.41) is 14.1. The van der Waals surface area contributed by atoms with E-state index in [1.54, 1.807) is 11.3 Å². The lowest BCUT2D eigenvalue weighted by Gasteiger charge is -2.12. The Balaban J connectivity index is 2.12. The van der Waals surface area contributed by atoms with Crippen LogP contribution in [0.2, 0.25) is 0 Å². The number of rotatable bonds is 7. The Bertz CT molecular complexity index is 580. The molecule has 21 heavy (non-hydrogen) atoms. The number of carbonyl (C=O) groups is 1. The molecule has 2 rings (SSSR count). The molecule has 0 saturated heterocycles. The third-order valence-electron chi connectivity index (χ3n) is 2.98. The summed E-state index contributed by atoms with van der Waals surface area (Å²) in [5.41, 5.74) is 0. The predicted molar refractivity (Wildman–Crippen MR) is 87.6 cm³/mol. The first-order valence-electron chi connectivity index (χ1n) is 7.08. The minimum atomic E-state index is -0.178. The number of nitrogens with one attached hydrogen (secondary N) is 1. The zero-order chi connectivity index (χ0) is 15.2. The van der Waals surface area contributed by atoms with Crippen molar-refractivity contribution >= 4 is 29.0 Å². The molecule has 0 aliphatic heterocycles. The second-order valence-corrected chi connectivity index (χ2v) is 6.83. The minimum absolute atomic E-state index is 0.0465. The van der Waals surface area contributed by atoms with E-state index in [-0.39, 0.29) is 11.2 Å². The summed E-state index contributed by atoms with van der Waals surface area (Å²) >= 11 is 3.10. The topological polar surface area (TPSA) is 59.8 Å². The summed E-state index contributed by atoms with van der Waals surface area (Å²) in [6.45, 7) is 7.50. The molecule has 0 aliphatic carbocycles. The Kier molecular flexibility index (Phi) is 5.81. The Labute approximate surface area is 133 Å². The average Bonchev–Trinajstić information content (AvgIpc) is 3.13. The number of carbonyl (C=O) groups excluding carboxylic acids is 1. The van der Waals surface area contributed by atoms with Crippen molar-refractivity contribution in [2.45, 2.75) is 44.1 Å². The third kappa shape index (κ3) is 3.85. The van der Waals surface area contributed by atoms with Crippen LogP contribution in [0.5, 0.6) is 0 Å². The number of thiophene rings is 1. The average molecular weight is 324 g/mol. The van der Waals surface area contributed by atoms with Gasteiger partial charge in [-0.25, -0.2) is 0 Å². The number of hydrogen-bond donors (Lipinski definition) is 1. The summed E-state index contributed by atoms with van der Waals surface area (Å²) in [6, 6.07) is 4.04. The highest BCUT2D eigenvalue weighted by Gasteiger charge is 2.20. The Hall–Kier alpha value is -1.34. The van der Waals surface area contributed by atoms with Crippen molar-refractivity contribution in [3.63, 3.8) is 0 Å². The van der Waals surface area contributed by atoms with Crippen LogP contribution in [0.1, 0.15) is 27.2 Å². The number of thioether (sulfide) groups is 1. The van der Waals surface area contributed by atoms with Gasteiger partial charge in [-0.15, -0.1) is 21.5 Å². The maximum Gasteiger partial charge on any atom is 0.233 e. The van der Waals surface area contributed by atoms with Gasteiger partial charge in [0.25, 0.3) is 0 Å². The molecule has 5 nitrogen and oxygen atoms in total. The van der Waals surface area contributed by atoms with E-state index in [1.807, 2.05) is 31.4 Å². The molecule has 1 atom stereocenters. The van der Waals surface area contributed by atoms with E-state index in [4.69, 9.17) is 0 Å². The summed E-state index contributed by atoms with van der Waals surface area (Å²) < 4.78 is 2.06. The van der Waals surface area contributed by atoms with Gasteiger partial charge in [-0.05, 0) is 31.7 Å². The van der Waals surface area contributed by atoms with Crippen molar-refractivity contribution in [2.24, 2.45) is 0 Å². The van der Waals surface area contributed by atoms with Crippen molar-refractivity contribution in [1.82, 2.24) is 20.1 Å². The van der Waals surface area contributed by atoms with Gasteiger partial charge in [0.2, 0.25) is 5.91 Å². The van der Waals surface area contributed by atoms with Crippen molar-refractivity contribution in [2.75, 3.05) is 6.54 Å². The molecule has 0 spiro atoms. The number of hydrogen-bond acceptors (Lipinski definition) is 5. The lowest BCUT2D eigenvalue weighted by molar-refractivity contribution is -0.120. The zero-order valence-corrected chi connectivity index (χ0v) is 14.1. The van der Waals surface area contributed by atoms with E-state index in [1.165, 1.54) is 11.8 Å². The van der Waals surface area contributed by atoms with Crippen LogP contribution >= 0.6 is 23.1 Å². The fraction of sp³-hybridized carbons (Fsp3) is 0.500. The summed E-state index contributed by atoms with van der Waals surface area (Å²) in [6.07, 6.45) is 0.941. The van der Waals surface area contributed by atoms with Crippen LogP contribution in [-0.2, 0) is 11.3 Å². The molecular weight excluding hydrogens is 304 g/mol. The summed E-state index contributed by atoms with van der Waals surface area (Å²) in [7, 11) is 0. The fourth-order valence-corrected chi connectivity index (χ4v) is 3.51. The molecular formula is C14H20N4OS2. The number of amides is 1. The molecule has 0 radical (unpaired) electrons. The van der Waals surface area contributed by atoms with Gasteiger partial charge in [0.05, 0.1) is 10.1 Å². The first kappa shape index (κ1) is 16.0. The lowest BCUT2D eigenvalue weighted by Crippen LogP contribution is -2.31. The third-order valence-corrected chi connectivity index (χ3v) is 4.92. The Morgan fingerprint density at radius 3 is 2.90 bits per heavy atom. The van der Waals surface area contributed by atoms with Gasteiger partial charge in [-0.3, -0.25) is 4.79 Å². The summed E-state index contributed by atoms with van der Waals surface area (Å²) in [4.78, 5) is 13.1. The Morgan fingerprint density at radius 1 is 1.48 bits per heavy atom. The van der Waals surface area contributed by atoms with Crippen molar-refractivity contribution < 1.29 is 4.79 Å². The molecule has 0 aromatic carbocycles. The smallest absolute Gasteiger partial charge is 0.233 e. The van der Waals surface area contributed by atoms with E-state index in [9.17, 15) is 4.79 Å². The van der Waals surface area contributed by atoms with Crippen LogP contribution in [0.15, 0.2) is 22.7 Å². The van der Waals surface area contributed by atoms with E-state index in [2.05, 4.69) is 27.0 Å². The monoisotopic (exact) mass is 324 g/mol. The number of nitrogens with zero attached hydrogens (tertiary/aromatic N) is 3. The highest BCUT2D eigenvalue weighted by molar-refractivity contribution is 8.00. The van der Waals surface area contributed by atoms with Gasteiger partial charge >= 0.3 is 0 Å². The highest BCUT2D eigenvalue weighted by Crippen LogP contribution is 2.28. The maximum atomic E-state index is 12.0. The molecule has 0 unspecified atom stereocenters. The standard InChI is InChI=1S/C14H20N4OS2/c1-4-8-15-13(19)10(3)21-14-17-16-12(18(14)5-2)11-7-6-9-20-11/h6-7,9-10H,4-5,8H2,1-3H3,(H,15,19)/t10-/m1/s1. The van der Waals surface area contributed by atoms with Gasteiger partial charge in [0.15, 0.2) is 11.0 Å². The van der Waals surface area contributed by atoms with Crippen LogP contribution in [0.25, 0.3) is 10.7 Å². The van der Waals surface area contributed by atoms with E-state index < -0.39 is 0 Å². The minimum Gasteiger partial charge on any atom is -0.355 e. The molecule has 0 fully saturated rings. The molecule has 0 aliphatic rings. The summed E-state index contributed by atoms with van der Waals surface area (Å²) in [5.74, 6) is 0.918. The van der Waals surface area contributed by atoms with Crippen molar-refractivity contribution in [3.05, 3.63) is 17.5 Å². The molecule has 7 heteroatoms. The van der Waals surface area contributed by atoms with E-state index >= 15 is 0 Å². The molecule has 0 bridgehead atoms. The molecule has 2 aromatic heterocycles. The zero-order valence-electron chi connectivity index (χ0n) is 12.5. The molecule has 2 aromatic rings. The second kappa shape index (κ2) is 7.61. The second-order valence-electron chi connectivity index (χ2n) is 4.58. The fourth-order valence-electron chi connectivity index (χ4n) is 1.85. The van der Waals surface area contributed by atoms with Crippen LogP contribution in [0.3, 0.4) is 0 Å². The van der Waals surface area contributed by atoms with Gasteiger partial charge in [0.1, 0.15) is 0 Å². The quantitative estimate of drug-likeness (QED) is 0.795. The lowest BCUT2D eigenvalue weighted by atomic mass is 10.4. The first-order chi connectivity index (χ1) is 10.2. The molecule has 1 N–H and O–H groups in total. The van der Waals surface area contributed by atoms with Crippen LogP contribution < -0.4 is 5.32 Å². The Morgan fingerprint density at radius 2 is 2.29 bits per heavy atom. The highest BCUT2D eigenvalue weighted by atomic mass is 32.2. The van der Waals surface area contributed by atoms with Crippen molar-refractivity contribution in [3.8, 4) is 10.7 Å². The molecule has 1 amide bonds. The van der Waals surface area contributed by atoms with Gasteiger partial charge in [0, 0.05) is 13.1 Å². The van der Waals surface area contributed by atoms with Crippen LogP contribution in [0.4, 0.5) is 0 Å². The van der Waals surface area contributed by atoms with Crippen LogP contribution in [0, 0.1) is 0 Å². The first-order valence-corrected chi connectivity index (χ1v) is 8.84. The van der Waals surface area contributed by atoms with Crippen molar-refractivity contribution in [1.29, 1.82) is 0 Å². The van der Waals surface area contributed by atoms with Gasteiger partial charge in [-0.1, -0.05) is 24.8 Å². The van der Waals surface area contributed by atoms with E-state index in [0.29, 0.717) is 6.54 Å². The normalized spacial score (nSPS) is 12.3. The van der Waals surface area contributed by atoms with Crippen LogP contribution in [-0.4, -0.2) is 32.5 Å². The van der Waals surface area contributed by atoms with Gasteiger partial charge < -0.3 is 9.88 Å². The largest absolute Gasteiger partial charge is 0.355 e. The molecule has 114 valence electrons. The van der Waals surface area contributed by atoms with E-state index in [0.717, 1.165) is 28.8 Å².